The summed E-state index contributed by atoms with van der Waals surface area (Å²) in [5.74, 6) is 0.402. The molecule has 4 heteroatoms. The van der Waals surface area contributed by atoms with Crippen LogP contribution in [0.4, 0.5) is 0 Å². The molecule has 2 saturated carbocycles. The van der Waals surface area contributed by atoms with Gasteiger partial charge in [0.1, 0.15) is 5.78 Å². The molecule has 2 aliphatic carbocycles. The van der Waals surface area contributed by atoms with Gasteiger partial charge in [0, 0.05) is 24.2 Å². The van der Waals surface area contributed by atoms with Crippen LogP contribution in [-0.2, 0) is 14.3 Å². The Morgan fingerprint density at radius 2 is 2.13 bits per heavy atom. The Morgan fingerprint density at radius 1 is 1.33 bits per heavy atom. The van der Waals surface area contributed by atoms with Crippen molar-refractivity contribution in [3.63, 3.8) is 0 Å². The second kappa shape index (κ2) is 10.4. The molecule has 0 heterocycles. The smallest absolute Gasteiger partial charge is 0.305 e. The van der Waals surface area contributed by atoms with Crippen LogP contribution in [0.25, 0.3) is 0 Å². The number of benzene rings is 1. The molecule has 3 rings (SSSR count). The number of ether oxygens (including phenoxy) is 1. The van der Waals surface area contributed by atoms with Gasteiger partial charge in [0.15, 0.2) is 0 Å². The van der Waals surface area contributed by atoms with Gasteiger partial charge in [-0.1, -0.05) is 49.8 Å². The van der Waals surface area contributed by atoms with Crippen LogP contribution in [0.2, 0.25) is 0 Å². The molecule has 0 amide bonds. The number of carbonyl (C=O) groups excluding carboxylic acids is 2. The van der Waals surface area contributed by atoms with Crippen molar-refractivity contribution in [2.75, 3.05) is 7.11 Å². The summed E-state index contributed by atoms with van der Waals surface area (Å²) in [5.41, 5.74) is 2.23. The van der Waals surface area contributed by atoms with Crippen molar-refractivity contribution < 1.29 is 19.4 Å². The number of carbonyl (C=O) groups is 2. The standard InChI is InChI=1S/C26H36O4/c1-3-26(16-9-17-26)25(29)20-11-8-10-19(18-20)21-14-15-23(27)22(21)12-6-4-5-7-13-24(28)30-2/h4,6,8,10-11,18,21-22,25,29H,3,5,7,9,12-17H2,1-2H3/b6-4-/t21?,22-,25?/m1/s1. The first-order valence-corrected chi connectivity index (χ1v) is 11.5. The summed E-state index contributed by atoms with van der Waals surface area (Å²) in [4.78, 5) is 23.7. The minimum Gasteiger partial charge on any atom is -0.469 e. The average molecular weight is 413 g/mol. The summed E-state index contributed by atoms with van der Waals surface area (Å²) in [6.45, 7) is 2.18. The zero-order valence-electron chi connectivity index (χ0n) is 18.4. The number of hydrogen-bond acceptors (Lipinski definition) is 4. The summed E-state index contributed by atoms with van der Waals surface area (Å²) in [5, 5.41) is 11.0. The topological polar surface area (TPSA) is 63.6 Å². The highest BCUT2D eigenvalue weighted by molar-refractivity contribution is 5.84. The first-order valence-electron chi connectivity index (χ1n) is 11.5. The Bertz CT molecular complexity index is 757. The number of unbranched alkanes of at least 4 members (excludes halogenated alkanes) is 1. The summed E-state index contributed by atoms with van der Waals surface area (Å²) in [6, 6.07) is 8.35. The molecule has 2 fully saturated rings. The maximum absolute atomic E-state index is 12.5. The number of esters is 1. The van der Waals surface area contributed by atoms with Gasteiger partial charge in [-0.2, -0.15) is 0 Å². The predicted octanol–water partition coefficient (Wildman–Crippen LogP) is 5.65. The lowest BCUT2D eigenvalue weighted by Crippen LogP contribution is -2.35. The molecule has 0 spiro atoms. The van der Waals surface area contributed by atoms with Crippen LogP contribution in [-0.4, -0.2) is 24.0 Å². The highest BCUT2D eigenvalue weighted by Crippen LogP contribution is 2.53. The van der Waals surface area contributed by atoms with E-state index in [1.165, 1.54) is 19.1 Å². The van der Waals surface area contributed by atoms with Crippen LogP contribution in [0.1, 0.15) is 94.3 Å². The third-order valence-electron chi connectivity index (χ3n) is 7.43. The summed E-state index contributed by atoms with van der Waals surface area (Å²) in [7, 11) is 1.41. The van der Waals surface area contributed by atoms with E-state index < -0.39 is 6.10 Å². The van der Waals surface area contributed by atoms with E-state index in [1.807, 2.05) is 12.1 Å². The fourth-order valence-corrected chi connectivity index (χ4v) is 5.19. The molecule has 0 aromatic heterocycles. The highest BCUT2D eigenvalue weighted by Gasteiger charge is 2.42. The third kappa shape index (κ3) is 5.03. The Hall–Kier alpha value is -1.94. The minimum atomic E-state index is -0.415. The van der Waals surface area contributed by atoms with Crippen molar-refractivity contribution in [3.8, 4) is 0 Å². The molecule has 0 saturated heterocycles. The Balaban J connectivity index is 1.63. The van der Waals surface area contributed by atoms with E-state index in [0.29, 0.717) is 18.6 Å². The van der Waals surface area contributed by atoms with Crippen molar-refractivity contribution in [1.29, 1.82) is 0 Å². The lowest BCUT2D eigenvalue weighted by molar-refractivity contribution is -0.140. The van der Waals surface area contributed by atoms with E-state index in [0.717, 1.165) is 50.5 Å². The normalized spacial score (nSPS) is 24.0. The molecule has 30 heavy (non-hydrogen) atoms. The second-order valence-corrected chi connectivity index (χ2v) is 9.04. The zero-order chi connectivity index (χ0) is 21.6. The van der Waals surface area contributed by atoms with Crippen LogP contribution < -0.4 is 0 Å². The molecule has 164 valence electrons. The number of allylic oxidation sites excluding steroid dienone is 2. The SMILES string of the molecule is CCC1(C(O)c2cccc(C3CCC(=O)[C@@H]3C/C=C\CCCC(=O)OC)c2)CCC1. The first kappa shape index (κ1) is 22.7. The van der Waals surface area contributed by atoms with E-state index in [-0.39, 0.29) is 23.2 Å². The lowest BCUT2D eigenvalue weighted by atomic mass is 9.62. The second-order valence-electron chi connectivity index (χ2n) is 9.04. The minimum absolute atomic E-state index is 0.0121. The van der Waals surface area contributed by atoms with E-state index in [4.69, 9.17) is 0 Å². The number of rotatable bonds is 10. The molecule has 0 aliphatic heterocycles. The number of aliphatic hydroxyl groups is 1. The molecule has 2 aliphatic rings. The van der Waals surface area contributed by atoms with Gasteiger partial charge in [-0.15, -0.1) is 0 Å². The highest BCUT2D eigenvalue weighted by atomic mass is 16.5. The summed E-state index contributed by atoms with van der Waals surface area (Å²) in [6.07, 6.45) is 12.4. The first-order chi connectivity index (χ1) is 14.5. The quantitative estimate of drug-likeness (QED) is 0.306. The van der Waals surface area contributed by atoms with E-state index >= 15 is 0 Å². The van der Waals surface area contributed by atoms with Gasteiger partial charge in [-0.3, -0.25) is 9.59 Å². The van der Waals surface area contributed by atoms with Crippen LogP contribution in [0, 0.1) is 11.3 Å². The van der Waals surface area contributed by atoms with Crippen LogP contribution >= 0.6 is 0 Å². The summed E-state index contributed by atoms with van der Waals surface area (Å²) >= 11 is 0. The van der Waals surface area contributed by atoms with E-state index in [9.17, 15) is 14.7 Å². The number of Topliss-reactive ketones (excluding diaryl/α,β-unsaturated/α-hetero) is 1. The maximum Gasteiger partial charge on any atom is 0.305 e. The van der Waals surface area contributed by atoms with Crippen molar-refractivity contribution in [3.05, 3.63) is 47.5 Å². The maximum atomic E-state index is 12.5. The van der Waals surface area contributed by atoms with Gasteiger partial charge >= 0.3 is 5.97 Å². The average Bonchev–Trinajstić information content (AvgIpc) is 3.10. The number of aliphatic hydroxyl groups excluding tert-OH is 1. The molecule has 0 radical (unpaired) electrons. The van der Waals surface area contributed by atoms with Crippen molar-refractivity contribution in [2.45, 2.75) is 83.2 Å². The predicted molar refractivity (Wildman–Crippen MR) is 118 cm³/mol. The summed E-state index contributed by atoms with van der Waals surface area (Å²) < 4.78 is 4.65. The Morgan fingerprint density at radius 3 is 2.80 bits per heavy atom. The third-order valence-corrected chi connectivity index (χ3v) is 7.43. The van der Waals surface area contributed by atoms with Crippen LogP contribution in [0.5, 0.6) is 0 Å². The molecule has 3 atom stereocenters. The number of ketones is 1. The molecule has 1 aromatic rings. The fraction of sp³-hybridized carbons (Fsp3) is 0.615. The zero-order valence-corrected chi connectivity index (χ0v) is 18.4. The largest absolute Gasteiger partial charge is 0.469 e. The Labute approximate surface area is 180 Å². The number of methoxy groups -OCH3 is 1. The molecule has 0 bridgehead atoms. The fourth-order valence-electron chi connectivity index (χ4n) is 5.19. The van der Waals surface area contributed by atoms with Crippen molar-refractivity contribution in [2.24, 2.45) is 11.3 Å². The molecule has 1 aromatic carbocycles. The van der Waals surface area contributed by atoms with Gasteiger partial charge in [0.25, 0.3) is 0 Å². The van der Waals surface area contributed by atoms with E-state index in [1.54, 1.807) is 0 Å². The molecular weight excluding hydrogens is 376 g/mol. The van der Waals surface area contributed by atoms with Gasteiger partial charge in [0.2, 0.25) is 0 Å². The van der Waals surface area contributed by atoms with Crippen molar-refractivity contribution in [1.82, 2.24) is 0 Å². The van der Waals surface area contributed by atoms with Crippen molar-refractivity contribution >= 4 is 11.8 Å². The Kier molecular flexibility index (Phi) is 7.87. The van der Waals surface area contributed by atoms with Crippen LogP contribution in [0.15, 0.2) is 36.4 Å². The number of hydrogen-bond donors (Lipinski definition) is 1. The van der Waals surface area contributed by atoms with Gasteiger partial charge in [-0.25, -0.2) is 0 Å². The molecule has 4 nitrogen and oxygen atoms in total. The van der Waals surface area contributed by atoms with Gasteiger partial charge in [-0.05, 0) is 62.0 Å². The van der Waals surface area contributed by atoms with E-state index in [2.05, 4.69) is 35.9 Å². The van der Waals surface area contributed by atoms with Crippen LogP contribution in [0.3, 0.4) is 0 Å². The monoisotopic (exact) mass is 412 g/mol. The molecule has 2 unspecified atom stereocenters. The molecule has 1 N–H and O–H groups in total. The van der Waals surface area contributed by atoms with Gasteiger partial charge < -0.3 is 9.84 Å². The lowest BCUT2D eigenvalue weighted by Gasteiger charge is -2.45. The van der Waals surface area contributed by atoms with Gasteiger partial charge in [0.05, 0.1) is 13.2 Å². The molecular formula is C26H36O4.